The van der Waals surface area contributed by atoms with Crippen molar-refractivity contribution in [1.82, 2.24) is 0 Å². The summed E-state index contributed by atoms with van der Waals surface area (Å²) < 4.78 is 6.08. The van der Waals surface area contributed by atoms with E-state index in [1.807, 2.05) is 37.4 Å². The minimum atomic E-state index is 0.543. The van der Waals surface area contributed by atoms with Crippen LogP contribution in [0.25, 0.3) is 0 Å². The van der Waals surface area contributed by atoms with E-state index in [2.05, 4.69) is 66.7 Å². The molecule has 3 rings (SSSR count). The van der Waals surface area contributed by atoms with E-state index in [-0.39, 0.29) is 0 Å². The summed E-state index contributed by atoms with van der Waals surface area (Å²) in [6.07, 6.45) is 0. The monoisotopic (exact) mass is 332 g/mol. The fourth-order valence-electron chi connectivity index (χ4n) is 2.87. The largest absolute Gasteiger partial charge is 0.489 e. The Morgan fingerprint density at radius 3 is 2.36 bits per heavy atom. The molecule has 0 aliphatic carbocycles. The predicted octanol–water partition coefficient (Wildman–Crippen LogP) is 5.38. The smallest absolute Gasteiger partial charge is 0.121 e. The van der Waals surface area contributed by atoms with Gasteiger partial charge in [-0.3, -0.25) is 0 Å². The quantitative estimate of drug-likeness (QED) is 0.655. The first-order valence-electron chi connectivity index (χ1n) is 8.47. The minimum absolute atomic E-state index is 0.543. The lowest BCUT2D eigenvalue weighted by Gasteiger charge is -2.20. The van der Waals surface area contributed by atoms with E-state index >= 15 is 0 Å². The highest BCUT2D eigenvalue weighted by Gasteiger charge is 2.08. The van der Waals surface area contributed by atoms with E-state index < -0.39 is 0 Å². The standard InChI is InChI=1S/C22H24N2O/c1-17-9-7-14-22(23-2)21(17)16-25-20-13-8-12-19(15-20)24(3)18-10-5-4-6-11-18/h4-15,23H,16H2,1-3H3. The molecule has 0 heterocycles. The van der Waals surface area contributed by atoms with Crippen molar-refractivity contribution in [3.05, 3.63) is 83.9 Å². The number of nitrogens with one attached hydrogen (secondary N) is 1. The van der Waals surface area contributed by atoms with Crippen molar-refractivity contribution < 1.29 is 4.74 Å². The number of para-hydroxylation sites is 1. The molecule has 0 saturated carbocycles. The van der Waals surface area contributed by atoms with Gasteiger partial charge in [-0.1, -0.05) is 36.4 Å². The zero-order chi connectivity index (χ0) is 17.6. The second-order valence-corrected chi connectivity index (χ2v) is 6.03. The number of hydrogen-bond acceptors (Lipinski definition) is 3. The third kappa shape index (κ3) is 3.94. The van der Waals surface area contributed by atoms with Gasteiger partial charge in [-0.05, 0) is 42.8 Å². The number of nitrogens with zero attached hydrogens (tertiary/aromatic N) is 1. The summed E-state index contributed by atoms with van der Waals surface area (Å²) in [4.78, 5) is 2.15. The number of anilines is 3. The summed E-state index contributed by atoms with van der Waals surface area (Å²) in [5.74, 6) is 0.866. The maximum absolute atomic E-state index is 6.08. The molecule has 0 bridgehead atoms. The average Bonchev–Trinajstić information content (AvgIpc) is 2.67. The predicted molar refractivity (Wildman–Crippen MR) is 106 cm³/mol. The second-order valence-electron chi connectivity index (χ2n) is 6.03. The van der Waals surface area contributed by atoms with E-state index in [0.29, 0.717) is 6.61 Å². The van der Waals surface area contributed by atoms with Gasteiger partial charge in [0.2, 0.25) is 0 Å². The van der Waals surface area contributed by atoms with Crippen molar-refractivity contribution in [2.24, 2.45) is 0 Å². The van der Waals surface area contributed by atoms with Gasteiger partial charge in [0.25, 0.3) is 0 Å². The fraction of sp³-hybridized carbons (Fsp3) is 0.182. The van der Waals surface area contributed by atoms with E-state index in [1.165, 1.54) is 11.1 Å². The molecule has 0 fully saturated rings. The first kappa shape index (κ1) is 16.9. The van der Waals surface area contributed by atoms with Crippen LogP contribution in [0.3, 0.4) is 0 Å². The highest BCUT2D eigenvalue weighted by molar-refractivity contribution is 5.63. The Balaban J connectivity index is 1.77. The zero-order valence-electron chi connectivity index (χ0n) is 15.0. The van der Waals surface area contributed by atoms with Gasteiger partial charge in [-0.25, -0.2) is 0 Å². The van der Waals surface area contributed by atoms with Gasteiger partial charge in [0.15, 0.2) is 0 Å². The summed E-state index contributed by atoms with van der Waals surface area (Å²) >= 11 is 0. The Bertz CT molecular complexity index is 830. The van der Waals surface area contributed by atoms with Crippen LogP contribution < -0.4 is 15.0 Å². The van der Waals surface area contributed by atoms with Crippen molar-refractivity contribution in [1.29, 1.82) is 0 Å². The summed E-state index contributed by atoms with van der Waals surface area (Å²) in [6, 6.07) is 24.7. The van der Waals surface area contributed by atoms with E-state index in [0.717, 1.165) is 22.8 Å². The van der Waals surface area contributed by atoms with Gasteiger partial charge in [-0.2, -0.15) is 0 Å². The summed E-state index contributed by atoms with van der Waals surface area (Å²) in [7, 11) is 4.00. The van der Waals surface area contributed by atoms with E-state index in [1.54, 1.807) is 0 Å². The number of rotatable bonds is 6. The molecule has 25 heavy (non-hydrogen) atoms. The van der Waals surface area contributed by atoms with Gasteiger partial charge >= 0.3 is 0 Å². The Morgan fingerprint density at radius 1 is 0.880 bits per heavy atom. The Morgan fingerprint density at radius 2 is 1.60 bits per heavy atom. The van der Waals surface area contributed by atoms with Crippen molar-refractivity contribution >= 4 is 17.1 Å². The highest BCUT2D eigenvalue weighted by atomic mass is 16.5. The molecule has 0 radical (unpaired) electrons. The molecular formula is C22H24N2O. The Kier molecular flexibility index (Phi) is 5.24. The molecule has 0 amide bonds. The maximum Gasteiger partial charge on any atom is 0.121 e. The molecule has 0 aliphatic heterocycles. The van der Waals surface area contributed by atoms with Crippen LogP contribution in [0.5, 0.6) is 5.75 Å². The Hall–Kier alpha value is -2.94. The maximum atomic E-state index is 6.08. The highest BCUT2D eigenvalue weighted by Crippen LogP contribution is 2.28. The lowest BCUT2D eigenvalue weighted by Crippen LogP contribution is -2.09. The Labute approximate surface area is 149 Å². The molecule has 3 aromatic rings. The topological polar surface area (TPSA) is 24.5 Å². The van der Waals surface area contributed by atoms with Gasteiger partial charge in [-0.15, -0.1) is 0 Å². The van der Waals surface area contributed by atoms with E-state index in [4.69, 9.17) is 4.74 Å². The molecule has 0 spiro atoms. The van der Waals surface area contributed by atoms with Crippen molar-refractivity contribution in [2.75, 3.05) is 24.3 Å². The third-order valence-corrected chi connectivity index (χ3v) is 4.41. The van der Waals surface area contributed by atoms with Crippen molar-refractivity contribution in [3.63, 3.8) is 0 Å². The molecule has 3 nitrogen and oxygen atoms in total. The van der Waals surface area contributed by atoms with E-state index in [9.17, 15) is 0 Å². The molecular weight excluding hydrogens is 308 g/mol. The average molecular weight is 332 g/mol. The summed E-state index contributed by atoms with van der Waals surface area (Å²) in [5, 5.41) is 3.24. The molecule has 1 N–H and O–H groups in total. The van der Waals surface area contributed by atoms with Crippen LogP contribution in [0.4, 0.5) is 17.1 Å². The van der Waals surface area contributed by atoms with Crippen molar-refractivity contribution in [3.8, 4) is 5.75 Å². The zero-order valence-corrected chi connectivity index (χ0v) is 15.0. The van der Waals surface area contributed by atoms with Gasteiger partial charge in [0.1, 0.15) is 12.4 Å². The second kappa shape index (κ2) is 7.75. The summed E-state index contributed by atoms with van der Waals surface area (Å²) in [6.45, 7) is 2.65. The first-order valence-corrected chi connectivity index (χ1v) is 8.47. The minimum Gasteiger partial charge on any atom is -0.489 e. The lowest BCUT2D eigenvalue weighted by molar-refractivity contribution is 0.306. The number of ether oxygens (including phenoxy) is 1. The molecule has 128 valence electrons. The fourth-order valence-corrected chi connectivity index (χ4v) is 2.87. The van der Waals surface area contributed by atoms with Crippen molar-refractivity contribution in [2.45, 2.75) is 13.5 Å². The molecule has 3 aromatic carbocycles. The lowest BCUT2D eigenvalue weighted by atomic mass is 10.1. The molecule has 0 atom stereocenters. The molecule has 3 heteroatoms. The first-order chi connectivity index (χ1) is 12.2. The molecule has 0 saturated heterocycles. The third-order valence-electron chi connectivity index (χ3n) is 4.41. The van der Waals surface area contributed by atoms with Crippen LogP contribution in [0.1, 0.15) is 11.1 Å². The van der Waals surface area contributed by atoms with Crippen LogP contribution in [-0.4, -0.2) is 14.1 Å². The van der Waals surface area contributed by atoms with Gasteiger partial charge < -0.3 is 15.0 Å². The van der Waals surface area contributed by atoms with Crippen LogP contribution in [0.2, 0.25) is 0 Å². The molecule has 0 unspecified atom stereocenters. The number of aryl methyl sites for hydroxylation is 1. The van der Waals surface area contributed by atoms with Crippen LogP contribution in [0.15, 0.2) is 72.8 Å². The summed E-state index contributed by atoms with van der Waals surface area (Å²) in [5.41, 5.74) is 5.77. The number of benzene rings is 3. The van der Waals surface area contributed by atoms with Gasteiger partial charge in [0.05, 0.1) is 0 Å². The number of hydrogen-bond donors (Lipinski definition) is 1. The SMILES string of the molecule is CNc1cccc(C)c1COc1cccc(N(C)c2ccccc2)c1. The van der Waals surface area contributed by atoms with Crippen LogP contribution >= 0.6 is 0 Å². The van der Waals surface area contributed by atoms with Crippen LogP contribution in [0, 0.1) is 6.92 Å². The van der Waals surface area contributed by atoms with Gasteiger partial charge in [0, 0.05) is 42.8 Å². The van der Waals surface area contributed by atoms with Crippen LogP contribution in [-0.2, 0) is 6.61 Å². The normalized spacial score (nSPS) is 10.4. The molecule has 0 aliphatic rings. The molecule has 0 aromatic heterocycles.